The number of hydrogen-bond acceptors (Lipinski definition) is 2. The molecule has 1 N–H and O–H groups in total. The Morgan fingerprint density at radius 1 is 0.808 bits per heavy atom. The van der Waals surface area contributed by atoms with Gasteiger partial charge in [0.25, 0.3) is 0 Å². The molecule has 0 fully saturated rings. The summed E-state index contributed by atoms with van der Waals surface area (Å²) in [7, 11) is 0. The number of nitrogens with zero attached hydrogens (tertiary/aromatic N) is 2. The van der Waals surface area contributed by atoms with Crippen molar-refractivity contribution < 1.29 is 5.11 Å². The van der Waals surface area contributed by atoms with Crippen LogP contribution < -0.4 is 0 Å². The minimum atomic E-state index is -0.124. The first-order chi connectivity index (χ1) is 12.5. The Bertz CT molecular complexity index is 1080. The summed E-state index contributed by atoms with van der Waals surface area (Å²) in [6.45, 7) is 6.28. The van der Waals surface area contributed by atoms with E-state index in [0.717, 1.165) is 22.2 Å². The molecule has 3 aromatic carbocycles. The SMILES string of the molecule is CC(C)(C)c1cccc(C=Nn2c3ccccc3c3ccccc32)c1O. The molecular formula is C23H22N2O. The van der Waals surface area contributed by atoms with E-state index >= 15 is 0 Å². The number of aromatic nitrogens is 1. The molecule has 0 aliphatic rings. The Morgan fingerprint density at radius 2 is 1.38 bits per heavy atom. The molecule has 1 heterocycles. The molecule has 0 unspecified atom stereocenters. The summed E-state index contributed by atoms with van der Waals surface area (Å²) in [5.74, 6) is 0.296. The number of rotatable bonds is 2. The van der Waals surface area contributed by atoms with Crippen LogP contribution in [0, 0.1) is 0 Å². The predicted octanol–water partition coefficient (Wildman–Crippen LogP) is 5.68. The van der Waals surface area contributed by atoms with Crippen molar-refractivity contribution in [1.82, 2.24) is 4.68 Å². The summed E-state index contributed by atoms with van der Waals surface area (Å²) < 4.78 is 1.94. The lowest BCUT2D eigenvalue weighted by Gasteiger charge is -2.21. The summed E-state index contributed by atoms with van der Waals surface area (Å²) >= 11 is 0. The van der Waals surface area contributed by atoms with Crippen LogP contribution in [0.5, 0.6) is 5.75 Å². The predicted molar refractivity (Wildman–Crippen MR) is 109 cm³/mol. The van der Waals surface area contributed by atoms with Gasteiger partial charge in [-0.25, -0.2) is 4.68 Å². The molecule has 4 rings (SSSR count). The lowest BCUT2D eigenvalue weighted by atomic mass is 9.85. The van der Waals surface area contributed by atoms with E-state index in [9.17, 15) is 5.11 Å². The number of aromatic hydroxyl groups is 1. The summed E-state index contributed by atoms with van der Waals surface area (Å²) in [6, 6.07) is 22.3. The highest BCUT2D eigenvalue weighted by atomic mass is 16.3. The fraction of sp³-hybridized carbons (Fsp3) is 0.174. The van der Waals surface area contributed by atoms with Crippen LogP contribution in [-0.2, 0) is 5.41 Å². The molecule has 3 nitrogen and oxygen atoms in total. The van der Waals surface area contributed by atoms with Gasteiger partial charge in [0.1, 0.15) is 5.75 Å². The number of phenolic OH excluding ortho intramolecular Hbond substituents is 1. The molecule has 0 radical (unpaired) electrons. The normalized spacial score (nSPS) is 12.4. The Labute approximate surface area is 153 Å². The van der Waals surface area contributed by atoms with E-state index in [-0.39, 0.29) is 5.41 Å². The summed E-state index contributed by atoms with van der Waals surface area (Å²) in [4.78, 5) is 0. The smallest absolute Gasteiger partial charge is 0.128 e. The van der Waals surface area contributed by atoms with Crippen molar-refractivity contribution in [1.29, 1.82) is 0 Å². The van der Waals surface area contributed by atoms with Gasteiger partial charge in [-0.15, -0.1) is 0 Å². The fourth-order valence-corrected chi connectivity index (χ4v) is 3.42. The minimum Gasteiger partial charge on any atom is -0.507 e. The van der Waals surface area contributed by atoms with E-state index < -0.39 is 0 Å². The van der Waals surface area contributed by atoms with Crippen molar-refractivity contribution >= 4 is 28.0 Å². The standard InChI is InChI=1S/C23H22N2O/c1-23(2,3)19-12-8-9-16(22(19)26)15-24-25-20-13-6-4-10-17(20)18-11-5-7-14-21(18)25/h4-15,26H,1-3H3. The molecule has 0 saturated heterocycles. The van der Waals surface area contributed by atoms with E-state index in [2.05, 4.69) is 45.0 Å². The van der Waals surface area contributed by atoms with E-state index in [4.69, 9.17) is 5.10 Å². The zero-order valence-corrected chi connectivity index (χ0v) is 15.3. The van der Waals surface area contributed by atoms with Crippen molar-refractivity contribution in [3.05, 3.63) is 77.9 Å². The van der Waals surface area contributed by atoms with Crippen molar-refractivity contribution in [3.8, 4) is 5.75 Å². The van der Waals surface area contributed by atoms with E-state index in [0.29, 0.717) is 5.75 Å². The second-order valence-corrected chi connectivity index (χ2v) is 7.58. The first kappa shape index (κ1) is 16.4. The Hall–Kier alpha value is -3.07. The molecule has 0 bridgehead atoms. The highest BCUT2D eigenvalue weighted by Gasteiger charge is 2.19. The molecule has 0 saturated carbocycles. The molecule has 1 aromatic heterocycles. The maximum atomic E-state index is 10.7. The van der Waals surface area contributed by atoms with Gasteiger partial charge in [-0.05, 0) is 29.2 Å². The average Bonchev–Trinajstić information content (AvgIpc) is 2.94. The van der Waals surface area contributed by atoms with Gasteiger partial charge in [-0.1, -0.05) is 69.3 Å². The average molecular weight is 342 g/mol. The first-order valence-corrected chi connectivity index (χ1v) is 8.82. The molecule has 0 aliphatic heterocycles. The van der Waals surface area contributed by atoms with Crippen LogP contribution >= 0.6 is 0 Å². The van der Waals surface area contributed by atoms with E-state index in [1.165, 1.54) is 10.8 Å². The third kappa shape index (κ3) is 2.66. The molecular weight excluding hydrogens is 320 g/mol. The van der Waals surface area contributed by atoms with Crippen molar-refractivity contribution in [2.45, 2.75) is 26.2 Å². The van der Waals surface area contributed by atoms with Gasteiger partial charge in [0, 0.05) is 16.3 Å². The molecule has 4 aromatic rings. The van der Waals surface area contributed by atoms with Crippen LogP contribution in [0.15, 0.2) is 71.8 Å². The molecule has 3 heteroatoms. The molecule has 0 atom stereocenters. The van der Waals surface area contributed by atoms with Gasteiger partial charge in [0.05, 0.1) is 17.2 Å². The first-order valence-electron chi connectivity index (χ1n) is 8.82. The Balaban J connectivity index is 1.88. The number of para-hydroxylation sites is 3. The quantitative estimate of drug-likeness (QED) is 0.468. The van der Waals surface area contributed by atoms with E-state index in [1.807, 2.05) is 47.1 Å². The van der Waals surface area contributed by atoms with Crippen molar-refractivity contribution in [2.75, 3.05) is 0 Å². The van der Waals surface area contributed by atoms with Gasteiger partial charge in [-0.2, -0.15) is 5.10 Å². The second kappa shape index (κ2) is 6.03. The van der Waals surface area contributed by atoms with Gasteiger partial charge >= 0.3 is 0 Å². The lowest BCUT2D eigenvalue weighted by Crippen LogP contribution is -2.11. The third-order valence-corrected chi connectivity index (χ3v) is 4.74. The van der Waals surface area contributed by atoms with Crippen LogP contribution in [0.2, 0.25) is 0 Å². The molecule has 26 heavy (non-hydrogen) atoms. The van der Waals surface area contributed by atoms with Crippen LogP contribution in [0.3, 0.4) is 0 Å². The lowest BCUT2D eigenvalue weighted by molar-refractivity contribution is 0.446. The monoisotopic (exact) mass is 342 g/mol. The van der Waals surface area contributed by atoms with Crippen LogP contribution in [-0.4, -0.2) is 16.0 Å². The highest BCUT2D eigenvalue weighted by molar-refractivity contribution is 6.08. The number of fused-ring (bicyclic) bond motifs is 3. The maximum absolute atomic E-state index is 10.7. The summed E-state index contributed by atoms with van der Waals surface area (Å²) in [6.07, 6.45) is 1.74. The molecule has 130 valence electrons. The van der Waals surface area contributed by atoms with Crippen LogP contribution in [0.1, 0.15) is 31.9 Å². The van der Waals surface area contributed by atoms with Gasteiger partial charge in [0.15, 0.2) is 0 Å². The van der Waals surface area contributed by atoms with Gasteiger partial charge < -0.3 is 5.11 Å². The van der Waals surface area contributed by atoms with Crippen LogP contribution in [0.4, 0.5) is 0 Å². The number of phenols is 1. The van der Waals surface area contributed by atoms with Crippen molar-refractivity contribution in [2.24, 2.45) is 5.10 Å². The highest BCUT2D eigenvalue weighted by Crippen LogP contribution is 2.33. The topological polar surface area (TPSA) is 37.5 Å². The van der Waals surface area contributed by atoms with Gasteiger partial charge in [-0.3, -0.25) is 0 Å². The van der Waals surface area contributed by atoms with Gasteiger partial charge in [0.2, 0.25) is 0 Å². The zero-order valence-electron chi connectivity index (χ0n) is 15.3. The molecule has 0 amide bonds. The zero-order chi connectivity index (χ0) is 18.3. The molecule has 0 aliphatic carbocycles. The summed E-state index contributed by atoms with van der Waals surface area (Å²) in [5.41, 5.74) is 3.62. The Kier molecular flexibility index (Phi) is 3.80. The van der Waals surface area contributed by atoms with E-state index in [1.54, 1.807) is 6.21 Å². The maximum Gasteiger partial charge on any atom is 0.128 e. The molecule has 0 spiro atoms. The number of hydrogen-bond donors (Lipinski definition) is 1. The second-order valence-electron chi connectivity index (χ2n) is 7.58. The third-order valence-electron chi connectivity index (χ3n) is 4.74. The van der Waals surface area contributed by atoms with Crippen molar-refractivity contribution in [3.63, 3.8) is 0 Å². The Morgan fingerprint density at radius 3 is 1.96 bits per heavy atom. The minimum absolute atomic E-state index is 0.124. The fourth-order valence-electron chi connectivity index (χ4n) is 3.42. The number of benzene rings is 3. The largest absolute Gasteiger partial charge is 0.507 e. The summed E-state index contributed by atoms with van der Waals surface area (Å²) in [5, 5.41) is 17.7. The van der Waals surface area contributed by atoms with Crippen LogP contribution in [0.25, 0.3) is 21.8 Å².